The topological polar surface area (TPSA) is 79.9 Å². The van der Waals surface area contributed by atoms with Gasteiger partial charge in [-0.25, -0.2) is 15.0 Å². The molecule has 220 valence electrons. The van der Waals surface area contributed by atoms with Crippen LogP contribution in [0.25, 0.3) is 5.82 Å². The van der Waals surface area contributed by atoms with Crippen LogP contribution in [0.4, 0.5) is 22.9 Å². The summed E-state index contributed by atoms with van der Waals surface area (Å²) in [5.41, 5.74) is 7.05. The first-order chi connectivity index (χ1) is 21.3. The molecule has 2 aliphatic rings. The molecule has 8 heteroatoms. The highest BCUT2D eigenvalue weighted by atomic mass is 16.5. The zero-order chi connectivity index (χ0) is 30.4. The molecule has 2 aliphatic heterocycles. The molecule has 0 fully saturated rings. The van der Waals surface area contributed by atoms with Crippen LogP contribution in [-0.4, -0.2) is 33.0 Å². The molecule has 0 unspecified atom stereocenters. The zero-order valence-corrected chi connectivity index (χ0v) is 25.6. The zero-order valence-electron chi connectivity index (χ0n) is 25.6. The summed E-state index contributed by atoms with van der Waals surface area (Å²) in [7, 11) is 0. The number of hydrogen-bond donors (Lipinski definition) is 1. The molecule has 7 rings (SSSR count). The van der Waals surface area contributed by atoms with Crippen LogP contribution in [0.5, 0.6) is 5.75 Å². The number of ether oxygens (including phenoxy) is 1. The van der Waals surface area contributed by atoms with Gasteiger partial charge in [-0.05, 0) is 66.8 Å². The standard InChI is InChI=1S/C36H35N7O/c1-6-44-29-16-10-8-14-27(29)39-33-35-40-34-31(23(2)41-43(34)30-17-11-12-22-37-30)32(24-18-20-25(21-19-24)36(3,4)5)42(35)28-15-9-7-13-26(28)38-33/h7-22,32H,6H2,1-5H3,(H,38,39)/t32-/m0/s1. The van der Waals surface area contributed by atoms with Crippen LogP contribution in [0.15, 0.2) is 107 Å². The third-order valence-electron chi connectivity index (χ3n) is 8.04. The molecule has 0 radical (unpaired) electrons. The molecule has 0 bridgehead atoms. The Morgan fingerprint density at radius 3 is 2.36 bits per heavy atom. The molecule has 44 heavy (non-hydrogen) atoms. The van der Waals surface area contributed by atoms with Gasteiger partial charge in [-0.1, -0.05) is 75.4 Å². The Labute approximate surface area is 257 Å². The SMILES string of the molecule is CCOc1ccccc1NC1=Nc2ccccc2N2C1=Nc1c(c(C)nn1-c1ccccn1)[C@@H]2c1ccc(C(C)(C)C)cc1. The van der Waals surface area contributed by atoms with Gasteiger partial charge in [0.25, 0.3) is 0 Å². The molecular formula is C36H35N7O. The maximum atomic E-state index is 5.96. The van der Waals surface area contributed by atoms with Gasteiger partial charge in [0.05, 0.1) is 35.4 Å². The van der Waals surface area contributed by atoms with E-state index >= 15 is 0 Å². The fourth-order valence-corrected chi connectivity index (χ4v) is 5.90. The highest BCUT2D eigenvalue weighted by Gasteiger charge is 2.41. The summed E-state index contributed by atoms with van der Waals surface area (Å²) >= 11 is 0. The number of nitrogens with zero attached hydrogens (tertiary/aromatic N) is 6. The Balaban J connectivity index is 1.47. The average molecular weight is 582 g/mol. The highest BCUT2D eigenvalue weighted by Crippen LogP contribution is 2.48. The van der Waals surface area contributed by atoms with E-state index in [2.05, 4.69) is 73.2 Å². The normalized spacial score (nSPS) is 15.5. The highest BCUT2D eigenvalue weighted by molar-refractivity contribution is 6.51. The van der Waals surface area contributed by atoms with Crippen molar-refractivity contribution in [1.82, 2.24) is 14.8 Å². The number of pyridine rings is 1. The molecule has 2 aromatic heterocycles. The minimum absolute atomic E-state index is 0.0398. The number of aromatic nitrogens is 3. The molecule has 3 aromatic carbocycles. The molecule has 0 saturated heterocycles. The van der Waals surface area contributed by atoms with Gasteiger partial charge in [-0.2, -0.15) is 9.78 Å². The van der Waals surface area contributed by atoms with Crippen molar-refractivity contribution in [3.05, 3.63) is 120 Å². The van der Waals surface area contributed by atoms with Gasteiger partial charge < -0.3 is 15.0 Å². The van der Waals surface area contributed by atoms with Crippen LogP contribution in [0.2, 0.25) is 0 Å². The second-order valence-electron chi connectivity index (χ2n) is 12.0. The van der Waals surface area contributed by atoms with Crippen molar-refractivity contribution in [2.75, 3.05) is 16.8 Å². The fraction of sp³-hybridized carbons (Fsp3) is 0.222. The minimum atomic E-state index is -0.209. The van der Waals surface area contributed by atoms with E-state index in [9.17, 15) is 0 Å². The van der Waals surface area contributed by atoms with Crippen molar-refractivity contribution >= 4 is 34.6 Å². The smallest absolute Gasteiger partial charge is 0.179 e. The van der Waals surface area contributed by atoms with Gasteiger partial charge in [0.2, 0.25) is 0 Å². The van der Waals surface area contributed by atoms with E-state index in [0.717, 1.165) is 45.5 Å². The third-order valence-corrected chi connectivity index (χ3v) is 8.04. The monoisotopic (exact) mass is 581 g/mol. The average Bonchev–Trinajstić information content (AvgIpc) is 3.37. The van der Waals surface area contributed by atoms with Gasteiger partial charge >= 0.3 is 0 Å². The molecule has 0 saturated carbocycles. The van der Waals surface area contributed by atoms with Crippen LogP contribution < -0.4 is 15.0 Å². The number of anilines is 2. The molecule has 1 N–H and O–H groups in total. The molecular weight excluding hydrogens is 546 g/mol. The largest absolute Gasteiger partial charge is 0.492 e. The lowest BCUT2D eigenvalue weighted by Gasteiger charge is -2.40. The first kappa shape index (κ1) is 27.6. The van der Waals surface area contributed by atoms with Crippen LogP contribution >= 0.6 is 0 Å². The van der Waals surface area contributed by atoms with Crippen LogP contribution in [0.1, 0.15) is 56.1 Å². The number of para-hydroxylation sites is 4. The molecule has 0 amide bonds. The number of hydrogen-bond acceptors (Lipinski definition) is 7. The Bertz CT molecular complexity index is 1900. The Morgan fingerprint density at radius 2 is 1.61 bits per heavy atom. The van der Waals surface area contributed by atoms with E-state index in [1.54, 1.807) is 6.20 Å². The Hall–Kier alpha value is -5.24. The van der Waals surface area contributed by atoms with E-state index in [0.29, 0.717) is 24.1 Å². The van der Waals surface area contributed by atoms with Crippen molar-refractivity contribution in [2.45, 2.75) is 46.1 Å². The number of aryl methyl sites for hydroxylation is 1. The lowest BCUT2D eigenvalue weighted by atomic mass is 9.85. The van der Waals surface area contributed by atoms with E-state index < -0.39 is 0 Å². The molecule has 0 spiro atoms. The minimum Gasteiger partial charge on any atom is -0.492 e. The van der Waals surface area contributed by atoms with Crippen molar-refractivity contribution < 1.29 is 4.74 Å². The molecule has 5 aromatic rings. The fourth-order valence-electron chi connectivity index (χ4n) is 5.90. The van der Waals surface area contributed by atoms with Gasteiger partial charge in [0.15, 0.2) is 23.3 Å². The molecule has 4 heterocycles. The predicted molar refractivity (Wildman–Crippen MR) is 177 cm³/mol. The molecule has 8 nitrogen and oxygen atoms in total. The summed E-state index contributed by atoms with van der Waals surface area (Å²) in [6, 6.07) is 30.7. The summed E-state index contributed by atoms with van der Waals surface area (Å²) in [5, 5.41) is 8.58. The first-order valence-electron chi connectivity index (χ1n) is 15.0. The van der Waals surface area contributed by atoms with Crippen molar-refractivity contribution in [1.29, 1.82) is 0 Å². The lowest BCUT2D eigenvalue weighted by molar-refractivity contribution is 0.342. The Kier molecular flexibility index (Phi) is 6.77. The van der Waals surface area contributed by atoms with E-state index in [4.69, 9.17) is 19.8 Å². The Morgan fingerprint density at radius 1 is 0.864 bits per heavy atom. The third kappa shape index (κ3) is 4.72. The number of amidine groups is 2. The number of rotatable bonds is 5. The van der Waals surface area contributed by atoms with E-state index in [-0.39, 0.29) is 11.5 Å². The number of nitrogens with one attached hydrogen (secondary N) is 1. The number of benzene rings is 3. The quantitative estimate of drug-likeness (QED) is 0.227. The van der Waals surface area contributed by atoms with Crippen LogP contribution in [0.3, 0.4) is 0 Å². The predicted octanol–water partition coefficient (Wildman–Crippen LogP) is 8.07. The van der Waals surface area contributed by atoms with E-state index in [1.807, 2.05) is 72.3 Å². The van der Waals surface area contributed by atoms with Crippen molar-refractivity contribution in [3.63, 3.8) is 0 Å². The summed E-state index contributed by atoms with van der Waals surface area (Å²) < 4.78 is 7.80. The molecule has 1 atom stereocenters. The summed E-state index contributed by atoms with van der Waals surface area (Å²) in [5.74, 6) is 3.53. The van der Waals surface area contributed by atoms with Crippen LogP contribution in [0, 0.1) is 6.92 Å². The first-order valence-corrected chi connectivity index (χ1v) is 15.0. The van der Waals surface area contributed by atoms with Gasteiger partial charge in [0, 0.05) is 11.8 Å². The summed E-state index contributed by atoms with van der Waals surface area (Å²) in [4.78, 5) is 17.3. The number of fused-ring (bicyclic) bond motifs is 4. The molecule has 0 aliphatic carbocycles. The van der Waals surface area contributed by atoms with Crippen LogP contribution in [-0.2, 0) is 5.41 Å². The second kappa shape index (κ2) is 10.8. The van der Waals surface area contributed by atoms with Crippen molar-refractivity contribution in [2.24, 2.45) is 9.98 Å². The van der Waals surface area contributed by atoms with E-state index in [1.165, 1.54) is 5.56 Å². The summed E-state index contributed by atoms with van der Waals surface area (Å²) in [6.07, 6.45) is 1.78. The summed E-state index contributed by atoms with van der Waals surface area (Å²) in [6.45, 7) is 11.3. The van der Waals surface area contributed by atoms with Gasteiger partial charge in [0.1, 0.15) is 5.75 Å². The maximum Gasteiger partial charge on any atom is 0.179 e. The lowest BCUT2D eigenvalue weighted by Crippen LogP contribution is -2.46. The van der Waals surface area contributed by atoms with Crippen molar-refractivity contribution in [3.8, 4) is 11.6 Å². The van der Waals surface area contributed by atoms with Gasteiger partial charge in [-0.15, -0.1) is 0 Å². The second-order valence-corrected chi connectivity index (χ2v) is 12.0. The number of aliphatic imine (C=N–C) groups is 2. The maximum absolute atomic E-state index is 5.96. The van der Waals surface area contributed by atoms with Gasteiger partial charge in [-0.3, -0.25) is 0 Å².